The largest absolute Gasteiger partial charge is 0.377 e. The maximum absolute atomic E-state index is 14.3. The highest BCUT2D eigenvalue weighted by atomic mass is 32.2. The van der Waals surface area contributed by atoms with E-state index in [-0.39, 0.29) is 28.6 Å². The van der Waals surface area contributed by atoms with Crippen LogP contribution in [0.1, 0.15) is 19.8 Å². The minimum Gasteiger partial charge on any atom is -0.377 e. The summed E-state index contributed by atoms with van der Waals surface area (Å²) in [6.07, 6.45) is 3.08. The molecule has 0 radical (unpaired) electrons. The monoisotopic (exact) mass is 525 g/mol. The first-order valence-electron chi connectivity index (χ1n) is 12.1. The molecule has 2 aliphatic rings. The minimum atomic E-state index is -3.65. The van der Waals surface area contributed by atoms with E-state index in [4.69, 9.17) is 9.72 Å². The fraction of sp³-hybridized carbons (Fsp3) is 0.346. The van der Waals surface area contributed by atoms with E-state index in [0.29, 0.717) is 48.3 Å². The van der Waals surface area contributed by atoms with Crippen LogP contribution in [0.25, 0.3) is 22.6 Å². The summed E-state index contributed by atoms with van der Waals surface area (Å²) in [5, 5.41) is 5.68. The molecule has 1 unspecified atom stereocenters. The Morgan fingerprint density at radius 3 is 2.54 bits per heavy atom. The van der Waals surface area contributed by atoms with Gasteiger partial charge in [0.2, 0.25) is 0 Å². The van der Waals surface area contributed by atoms with E-state index in [1.165, 1.54) is 12.1 Å². The highest BCUT2D eigenvalue weighted by Gasteiger charge is 2.25. The second-order valence-corrected chi connectivity index (χ2v) is 11.4. The third-order valence-electron chi connectivity index (χ3n) is 6.31. The summed E-state index contributed by atoms with van der Waals surface area (Å²) in [7, 11) is -3.65. The molecule has 1 atom stereocenters. The van der Waals surface area contributed by atoms with Crippen LogP contribution >= 0.6 is 0 Å². The lowest BCUT2D eigenvalue weighted by Gasteiger charge is -2.34. The SMILES string of the molecule is CC1COCCN1c1cc(-c2cc(F)ccc2S(C)(=O)=O)nc(-c2ccc(NC(=O)NC3CC3)cc2)n1. The van der Waals surface area contributed by atoms with E-state index in [0.717, 1.165) is 25.2 Å². The van der Waals surface area contributed by atoms with Crippen molar-refractivity contribution in [1.29, 1.82) is 0 Å². The number of urea groups is 1. The van der Waals surface area contributed by atoms with Gasteiger partial charge in [0.05, 0.1) is 29.8 Å². The van der Waals surface area contributed by atoms with Crippen LogP contribution in [0, 0.1) is 5.82 Å². The minimum absolute atomic E-state index is 0.0132. The lowest BCUT2D eigenvalue weighted by molar-refractivity contribution is 0.0985. The van der Waals surface area contributed by atoms with Crippen molar-refractivity contribution in [3.8, 4) is 22.6 Å². The number of anilines is 2. The molecule has 2 fully saturated rings. The van der Waals surface area contributed by atoms with Crippen LogP contribution in [0.2, 0.25) is 0 Å². The molecule has 1 aliphatic heterocycles. The van der Waals surface area contributed by atoms with Crippen LogP contribution in [-0.2, 0) is 14.6 Å². The topological polar surface area (TPSA) is 114 Å². The van der Waals surface area contributed by atoms with E-state index in [9.17, 15) is 17.6 Å². The second kappa shape index (κ2) is 10.1. The summed E-state index contributed by atoms with van der Waals surface area (Å²) >= 11 is 0. The van der Waals surface area contributed by atoms with Gasteiger partial charge in [-0.15, -0.1) is 0 Å². The fourth-order valence-electron chi connectivity index (χ4n) is 4.22. The smallest absolute Gasteiger partial charge is 0.319 e. The molecule has 2 N–H and O–H groups in total. The normalized spacial score (nSPS) is 17.9. The van der Waals surface area contributed by atoms with Crippen molar-refractivity contribution in [2.24, 2.45) is 0 Å². The van der Waals surface area contributed by atoms with Gasteiger partial charge in [0, 0.05) is 41.7 Å². The molecule has 1 aromatic heterocycles. The zero-order chi connectivity index (χ0) is 26.2. The van der Waals surface area contributed by atoms with Gasteiger partial charge in [-0.3, -0.25) is 0 Å². The van der Waals surface area contributed by atoms with Gasteiger partial charge < -0.3 is 20.3 Å². The Kier molecular flexibility index (Phi) is 6.82. The van der Waals surface area contributed by atoms with Crippen molar-refractivity contribution in [2.45, 2.75) is 36.7 Å². The number of hydrogen-bond donors (Lipinski definition) is 2. The van der Waals surface area contributed by atoms with Crippen LogP contribution < -0.4 is 15.5 Å². The molecule has 1 saturated carbocycles. The highest BCUT2D eigenvalue weighted by Crippen LogP contribution is 2.32. The van der Waals surface area contributed by atoms with Crippen molar-refractivity contribution >= 4 is 27.4 Å². The number of carbonyl (C=O) groups excluding carboxylic acids is 1. The maximum atomic E-state index is 14.3. The number of halogens is 1. The molecule has 2 amide bonds. The Hall–Kier alpha value is -3.57. The second-order valence-electron chi connectivity index (χ2n) is 9.42. The number of rotatable bonds is 6. The highest BCUT2D eigenvalue weighted by molar-refractivity contribution is 7.90. The summed E-state index contributed by atoms with van der Waals surface area (Å²) in [4.78, 5) is 23.5. The quantitative estimate of drug-likeness (QED) is 0.470. The average Bonchev–Trinajstić information content (AvgIpc) is 3.67. The molecule has 0 bridgehead atoms. The zero-order valence-electron chi connectivity index (χ0n) is 20.6. The van der Waals surface area contributed by atoms with Crippen LogP contribution in [0.5, 0.6) is 0 Å². The number of sulfone groups is 1. The first kappa shape index (κ1) is 25.1. The van der Waals surface area contributed by atoms with Crippen molar-refractivity contribution in [3.05, 3.63) is 54.3 Å². The molecule has 9 nitrogen and oxygen atoms in total. The predicted octanol–water partition coefficient (Wildman–Crippen LogP) is 3.86. The van der Waals surface area contributed by atoms with Gasteiger partial charge in [0.1, 0.15) is 11.6 Å². The third kappa shape index (κ3) is 5.89. The van der Waals surface area contributed by atoms with E-state index < -0.39 is 15.7 Å². The molecule has 3 aromatic rings. The van der Waals surface area contributed by atoms with Gasteiger partial charge in [0.15, 0.2) is 15.7 Å². The van der Waals surface area contributed by atoms with Gasteiger partial charge in [-0.25, -0.2) is 27.6 Å². The van der Waals surface area contributed by atoms with Crippen LogP contribution in [-0.4, -0.2) is 62.5 Å². The zero-order valence-corrected chi connectivity index (χ0v) is 21.4. The van der Waals surface area contributed by atoms with Crippen LogP contribution in [0.4, 0.5) is 20.7 Å². The number of carbonyl (C=O) groups is 1. The predicted molar refractivity (Wildman–Crippen MR) is 139 cm³/mol. The first-order chi connectivity index (χ1) is 17.7. The van der Waals surface area contributed by atoms with Crippen molar-refractivity contribution in [2.75, 3.05) is 36.2 Å². The molecule has 1 saturated heterocycles. The molecule has 37 heavy (non-hydrogen) atoms. The summed E-state index contributed by atoms with van der Waals surface area (Å²) < 4.78 is 44.8. The van der Waals surface area contributed by atoms with Crippen LogP contribution in [0.15, 0.2) is 53.4 Å². The van der Waals surface area contributed by atoms with Crippen LogP contribution in [0.3, 0.4) is 0 Å². The number of hydrogen-bond acceptors (Lipinski definition) is 7. The van der Waals surface area contributed by atoms with Crippen molar-refractivity contribution in [3.63, 3.8) is 0 Å². The third-order valence-corrected chi connectivity index (χ3v) is 7.46. The van der Waals surface area contributed by atoms with Crippen molar-refractivity contribution < 1.29 is 22.3 Å². The van der Waals surface area contributed by atoms with E-state index in [1.807, 2.05) is 6.92 Å². The number of nitrogens with zero attached hydrogens (tertiary/aromatic N) is 3. The molecular weight excluding hydrogens is 497 g/mol. The molecule has 1 aliphatic carbocycles. The molecule has 194 valence electrons. The number of aromatic nitrogens is 2. The van der Waals surface area contributed by atoms with Gasteiger partial charge in [-0.2, -0.15) is 0 Å². The number of nitrogens with one attached hydrogen (secondary N) is 2. The molecule has 5 rings (SSSR count). The Balaban J connectivity index is 1.56. The van der Waals surface area contributed by atoms with Gasteiger partial charge in [-0.05, 0) is 62.2 Å². The van der Waals surface area contributed by atoms with Crippen molar-refractivity contribution in [1.82, 2.24) is 15.3 Å². The van der Waals surface area contributed by atoms with E-state index in [1.54, 1.807) is 30.3 Å². The summed E-state index contributed by atoms with van der Waals surface area (Å²) in [5.74, 6) is 0.373. The Labute approximate surface area is 215 Å². The van der Waals surface area contributed by atoms with E-state index >= 15 is 0 Å². The van der Waals surface area contributed by atoms with E-state index in [2.05, 4.69) is 20.5 Å². The number of morpholine rings is 1. The molecule has 11 heteroatoms. The Morgan fingerprint density at radius 1 is 1.11 bits per heavy atom. The molecule has 2 aromatic carbocycles. The van der Waals surface area contributed by atoms with Gasteiger partial charge in [-0.1, -0.05) is 0 Å². The summed E-state index contributed by atoms with van der Waals surface area (Å²) in [6, 6.07) is 12.3. The first-order valence-corrected chi connectivity index (χ1v) is 14.0. The fourth-order valence-corrected chi connectivity index (χ4v) is 5.10. The summed E-state index contributed by atoms with van der Waals surface area (Å²) in [6.45, 7) is 3.65. The Bertz CT molecular complexity index is 1430. The lowest BCUT2D eigenvalue weighted by atomic mass is 10.1. The summed E-state index contributed by atoms with van der Waals surface area (Å²) in [5.41, 5.74) is 1.74. The van der Waals surface area contributed by atoms with Gasteiger partial charge >= 0.3 is 6.03 Å². The lowest BCUT2D eigenvalue weighted by Crippen LogP contribution is -2.44. The number of benzene rings is 2. The maximum Gasteiger partial charge on any atom is 0.319 e. The molecule has 0 spiro atoms. The standard InChI is InChI=1S/C26H28FN5O4S/c1-16-15-36-12-11-32(16)24-14-22(21-13-18(27)5-10-23(21)37(2,34)35)30-25(31-24)17-3-6-19(7-4-17)28-26(33)29-20-8-9-20/h3-7,10,13-14,16,20H,8-9,11-12,15H2,1-2H3,(H2,28,29,33). The average molecular weight is 526 g/mol. The number of amides is 2. The Morgan fingerprint density at radius 2 is 1.86 bits per heavy atom. The molecule has 2 heterocycles. The number of ether oxygens (including phenoxy) is 1. The van der Waals surface area contributed by atoms with Gasteiger partial charge in [0.25, 0.3) is 0 Å². The molecular formula is C26H28FN5O4S.